The summed E-state index contributed by atoms with van der Waals surface area (Å²) in [5.74, 6) is 1.66. The van der Waals surface area contributed by atoms with E-state index in [0.29, 0.717) is 11.6 Å². The molecule has 0 unspecified atom stereocenters. The van der Waals surface area contributed by atoms with Crippen LogP contribution in [0.3, 0.4) is 0 Å². The van der Waals surface area contributed by atoms with Crippen LogP contribution < -0.4 is 11.1 Å². The third-order valence-electron chi connectivity index (χ3n) is 5.07. The van der Waals surface area contributed by atoms with Crippen molar-refractivity contribution in [3.8, 4) is 5.82 Å². The Morgan fingerprint density at radius 2 is 1.93 bits per heavy atom. The first-order valence-electron chi connectivity index (χ1n) is 9.26. The van der Waals surface area contributed by atoms with Crippen molar-refractivity contribution < 1.29 is 0 Å². The van der Waals surface area contributed by atoms with Crippen molar-refractivity contribution in [3.63, 3.8) is 0 Å². The smallest absolute Gasteiger partial charge is 0.203 e. The summed E-state index contributed by atoms with van der Waals surface area (Å²) in [5, 5.41) is 5.20. The fourth-order valence-electron chi connectivity index (χ4n) is 3.56. The molecule has 0 radical (unpaired) electrons. The van der Waals surface area contributed by atoms with Crippen LogP contribution in [-0.4, -0.2) is 19.1 Å². The van der Waals surface area contributed by atoms with E-state index in [1.807, 2.05) is 48.1 Å². The SMILES string of the molecule is Cn1c(NCc2ccc3c(ccn3-c3ccc(Cl)cn3)c2)nc2ccc(N)cc21. The van der Waals surface area contributed by atoms with Gasteiger partial charge in [-0.25, -0.2) is 9.97 Å². The van der Waals surface area contributed by atoms with Crippen molar-refractivity contribution in [2.45, 2.75) is 6.54 Å². The molecular weight excluding hydrogens is 384 g/mol. The van der Waals surface area contributed by atoms with Crippen molar-refractivity contribution in [1.82, 2.24) is 19.1 Å². The lowest BCUT2D eigenvalue weighted by Crippen LogP contribution is -2.05. The largest absolute Gasteiger partial charge is 0.399 e. The zero-order chi connectivity index (χ0) is 20.0. The second-order valence-corrected chi connectivity index (χ2v) is 7.45. The number of fused-ring (bicyclic) bond motifs is 2. The van der Waals surface area contributed by atoms with E-state index in [0.717, 1.165) is 39.4 Å². The number of nitrogen functional groups attached to an aromatic ring is 1. The molecule has 29 heavy (non-hydrogen) atoms. The maximum atomic E-state index is 5.95. The van der Waals surface area contributed by atoms with E-state index in [4.69, 9.17) is 17.3 Å². The number of nitrogens with one attached hydrogen (secondary N) is 1. The number of hydrogen-bond donors (Lipinski definition) is 2. The molecule has 0 saturated carbocycles. The van der Waals surface area contributed by atoms with Gasteiger partial charge in [0.05, 0.1) is 21.6 Å². The van der Waals surface area contributed by atoms with E-state index in [2.05, 4.69) is 44.1 Å². The average Bonchev–Trinajstić information content (AvgIpc) is 3.28. The molecule has 6 nitrogen and oxygen atoms in total. The predicted octanol–water partition coefficient (Wildman–Crippen LogP) is 4.76. The molecule has 3 heterocycles. The first-order chi connectivity index (χ1) is 14.1. The number of halogens is 1. The van der Waals surface area contributed by atoms with E-state index in [1.165, 1.54) is 5.56 Å². The molecule has 0 aliphatic heterocycles. The van der Waals surface area contributed by atoms with Crippen molar-refractivity contribution in [3.05, 3.63) is 77.6 Å². The van der Waals surface area contributed by atoms with Crippen molar-refractivity contribution in [2.75, 3.05) is 11.1 Å². The molecule has 7 heteroatoms. The van der Waals surface area contributed by atoms with Gasteiger partial charge < -0.3 is 20.2 Å². The Bertz CT molecular complexity index is 1330. The first kappa shape index (κ1) is 17.6. The zero-order valence-corrected chi connectivity index (χ0v) is 16.6. The van der Waals surface area contributed by atoms with Gasteiger partial charge in [0.25, 0.3) is 0 Å². The maximum absolute atomic E-state index is 5.95. The summed E-state index contributed by atoms with van der Waals surface area (Å²) in [5.41, 5.74) is 10.8. The quantitative estimate of drug-likeness (QED) is 0.425. The number of nitrogens with zero attached hydrogens (tertiary/aromatic N) is 4. The molecule has 5 aromatic rings. The van der Waals surface area contributed by atoms with Crippen molar-refractivity contribution in [2.24, 2.45) is 7.05 Å². The molecule has 0 saturated heterocycles. The number of rotatable bonds is 4. The summed E-state index contributed by atoms with van der Waals surface area (Å²) in [6.45, 7) is 0.674. The Kier molecular flexibility index (Phi) is 4.14. The third kappa shape index (κ3) is 3.17. The van der Waals surface area contributed by atoms with Crippen LogP contribution >= 0.6 is 11.6 Å². The molecule has 2 aromatic carbocycles. The predicted molar refractivity (Wildman–Crippen MR) is 119 cm³/mol. The summed E-state index contributed by atoms with van der Waals surface area (Å²) in [6, 6.07) is 18.0. The first-order valence-corrected chi connectivity index (χ1v) is 9.64. The van der Waals surface area contributed by atoms with Gasteiger partial charge in [0.2, 0.25) is 5.95 Å². The van der Waals surface area contributed by atoms with Crippen LogP contribution in [0.1, 0.15) is 5.56 Å². The second-order valence-electron chi connectivity index (χ2n) is 7.01. The highest BCUT2D eigenvalue weighted by atomic mass is 35.5. The van der Waals surface area contributed by atoms with E-state index in [9.17, 15) is 0 Å². The lowest BCUT2D eigenvalue weighted by molar-refractivity contribution is 0.928. The summed E-state index contributed by atoms with van der Waals surface area (Å²) in [6.07, 6.45) is 3.68. The fourth-order valence-corrected chi connectivity index (χ4v) is 3.67. The number of benzene rings is 2. The Morgan fingerprint density at radius 3 is 2.76 bits per heavy atom. The molecule has 3 aromatic heterocycles. The Hall–Kier alpha value is -3.51. The van der Waals surface area contributed by atoms with E-state index in [1.54, 1.807) is 6.20 Å². The summed E-state index contributed by atoms with van der Waals surface area (Å²) in [4.78, 5) is 9.06. The van der Waals surface area contributed by atoms with E-state index >= 15 is 0 Å². The lowest BCUT2D eigenvalue weighted by Gasteiger charge is -2.08. The number of hydrogen-bond acceptors (Lipinski definition) is 4. The molecule has 0 fully saturated rings. The molecule has 0 spiro atoms. The second kappa shape index (κ2) is 6.83. The standard InChI is InChI=1S/C22H19ClN6/c1-28-20-11-17(24)4-5-18(20)27-22(28)26-12-14-2-6-19-15(10-14)8-9-29(19)21-7-3-16(23)13-25-21/h2-11,13H,12,24H2,1H3,(H,26,27). The van der Waals surface area contributed by atoms with Gasteiger partial charge in [0.1, 0.15) is 5.82 Å². The summed E-state index contributed by atoms with van der Waals surface area (Å²) < 4.78 is 4.08. The number of imidazole rings is 1. The van der Waals surface area contributed by atoms with Gasteiger partial charge in [0, 0.05) is 37.1 Å². The molecular formula is C22H19ClN6. The lowest BCUT2D eigenvalue weighted by atomic mass is 10.1. The van der Waals surface area contributed by atoms with Crippen molar-refractivity contribution >= 4 is 45.2 Å². The van der Waals surface area contributed by atoms with Crippen LogP contribution in [0.15, 0.2) is 67.0 Å². The summed E-state index contributed by atoms with van der Waals surface area (Å²) in [7, 11) is 1.99. The topological polar surface area (TPSA) is 73.7 Å². The minimum Gasteiger partial charge on any atom is -0.399 e. The summed E-state index contributed by atoms with van der Waals surface area (Å²) >= 11 is 5.95. The highest BCUT2D eigenvalue weighted by Gasteiger charge is 2.09. The molecule has 0 aliphatic rings. The molecule has 3 N–H and O–H groups in total. The molecule has 0 bridgehead atoms. The van der Waals surface area contributed by atoms with Gasteiger partial charge >= 0.3 is 0 Å². The van der Waals surface area contributed by atoms with Crippen LogP contribution in [0, 0.1) is 0 Å². The molecule has 0 aliphatic carbocycles. The number of nitrogens with two attached hydrogens (primary N) is 1. The zero-order valence-electron chi connectivity index (χ0n) is 15.8. The van der Waals surface area contributed by atoms with Gasteiger partial charge in [-0.15, -0.1) is 0 Å². The van der Waals surface area contributed by atoms with E-state index < -0.39 is 0 Å². The molecule has 5 rings (SSSR count). The minimum absolute atomic E-state index is 0.628. The third-order valence-corrected chi connectivity index (χ3v) is 5.29. The Morgan fingerprint density at radius 1 is 1.03 bits per heavy atom. The maximum Gasteiger partial charge on any atom is 0.203 e. The van der Waals surface area contributed by atoms with Gasteiger partial charge in [-0.2, -0.15) is 0 Å². The highest BCUT2D eigenvalue weighted by Crippen LogP contribution is 2.24. The van der Waals surface area contributed by atoms with Crippen LogP contribution in [0.4, 0.5) is 11.6 Å². The number of pyridine rings is 1. The van der Waals surface area contributed by atoms with Crippen LogP contribution in [0.5, 0.6) is 0 Å². The van der Waals surface area contributed by atoms with E-state index in [-0.39, 0.29) is 0 Å². The normalized spacial score (nSPS) is 11.4. The minimum atomic E-state index is 0.628. The van der Waals surface area contributed by atoms with Gasteiger partial charge in [-0.3, -0.25) is 0 Å². The van der Waals surface area contributed by atoms with Crippen LogP contribution in [0.2, 0.25) is 5.02 Å². The Labute approximate surface area is 172 Å². The number of aryl methyl sites for hydroxylation is 1. The Balaban J connectivity index is 1.40. The molecule has 0 amide bonds. The molecule has 144 valence electrons. The van der Waals surface area contributed by atoms with Gasteiger partial charge in [0.15, 0.2) is 0 Å². The highest BCUT2D eigenvalue weighted by molar-refractivity contribution is 6.30. The molecule has 0 atom stereocenters. The monoisotopic (exact) mass is 402 g/mol. The van der Waals surface area contributed by atoms with Gasteiger partial charge in [-0.05, 0) is 54.1 Å². The van der Waals surface area contributed by atoms with Gasteiger partial charge in [-0.1, -0.05) is 17.7 Å². The number of anilines is 2. The number of aromatic nitrogens is 4. The fraction of sp³-hybridized carbons (Fsp3) is 0.0909. The van der Waals surface area contributed by atoms with Crippen LogP contribution in [-0.2, 0) is 13.6 Å². The van der Waals surface area contributed by atoms with Crippen LogP contribution in [0.25, 0.3) is 27.8 Å². The van der Waals surface area contributed by atoms with Crippen molar-refractivity contribution in [1.29, 1.82) is 0 Å². The average molecular weight is 403 g/mol.